The van der Waals surface area contributed by atoms with Gasteiger partial charge in [-0.1, -0.05) is 0 Å². The lowest BCUT2D eigenvalue weighted by Gasteiger charge is -2.04. The lowest BCUT2D eigenvalue weighted by Crippen LogP contribution is -2.24. The first kappa shape index (κ1) is 10.1. The first-order chi connectivity index (χ1) is 7.15. The molecule has 1 fully saturated rings. The molecule has 1 aromatic carbocycles. The van der Waals surface area contributed by atoms with Crippen molar-refractivity contribution < 1.29 is 13.6 Å². The van der Waals surface area contributed by atoms with Gasteiger partial charge in [0.05, 0.1) is 0 Å². The van der Waals surface area contributed by atoms with Gasteiger partial charge < -0.3 is 5.32 Å². The van der Waals surface area contributed by atoms with E-state index < -0.39 is 11.6 Å². The Labute approximate surface area is 86.3 Å². The number of hydrogen-bond donors (Lipinski definition) is 1. The van der Waals surface area contributed by atoms with Crippen LogP contribution in [0.15, 0.2) is 18.2 Å². The Morgan fingerprint density at radius 1 is 1.27 bits per heavy atom. The molecule has 0 aromatic heterocycles. The summed E-state index contributed by atoms with van der Waals surface area (Å²) in [6, 6.07) is 3.25. The van der Waals surface area contributed by atoms with Gasteiger partial charge in [0.25, 0.3) is 0 Å². The van der Waals surface area contributed by atoms with Crippen molar-refractivity contribution in [2.45, 2.75) is 19.4 Å². The lowest BCUT2D eigenvalue weighted by molar-refractivity contribution is -0.122. The Balaban J connectivity index is 1.94. The first-order valence-corrected chi connectivity index (χ1v) is 4.88. The summed E-state index contributed by atoms with van der Waals surface area (Å²) in [6.07, 6.45) is 1.84. The van der Waals surface area contributed by atoms with Crippen LogP contribution in [0.2, 0.25) is 0 Å². The second-order valence-electron chi connectivity index (χ2n) is 3.77. The highest BCUT2D eigenvalue weighted by Crippen LogP contribution is 2.28. The maximum Gasteiger partial charge on any atom is 0.223 e. The van der Waals surface area contributed by atoms with Crippen molar-refractivity contribution in [3.8, 4) is 0 Å². The van der Waals surface area contributed by atoms with Crippen LogP contribution in [0.5, 0.6) is 0 Å². The monoisotopic (exact) mass is 211 g/mol. The summed E-state index contributed by atoms with van der Waals surface area (Å²) < 4.78 is 25.5. The molecule has 1 saturated carbocycles. The maximum atomic E-state index is 12.8. The molecule has 1 N–H and O–H groups in total. The number of nitrogens with one attached hydrogen (secondary N) is 1. The Morgan fingerprint density at radius 2 is 1.87 bits per heavy atom. The summed E-state index contributed by atoms with van der Waals surface area (Å²) in [5, 5.41) is 2.64. The molecule has 80 valence electrons. The molecule has 0 saturated heterocycles. The molecule has 0 bridgehead atoms. The predicted octanol–water partition coefficient (Wildman–Crippen LogP) is 1.99. The van der Waals surface area contributed by atoms with Crippen LogP contribution in [-0.2, 0) is 11.3 Å². The van der Waals surface area contributed by atoms with Gasteiger partial charge >= 0.3 is 0 Å². The molecule has 1 aromatic rings. The van der Waals surface area contributed by atoms with Crippen LogP contribution in [0.1, 0.15) is 18.4 Å². The molecule has 0 aliphatic heterocycles. The Kier molecular flexibility index (Phi) is 2.66. The van der Waals surface area contributed by atoms with Crippen LogP contribution in [0.3, 0.4) is 0 Å². The molecule has 2 rings (SSSR count). The van der Waals surface area contributed by atoms with Crippen molar-refractivity contribution in [3.63, 3.8) is 0 Å². The normalized spacial score (nSPS) is 15.1. The molecule has 2 nitrogen and oxygen atoms in total. The van der Waals surface area contributed by atoms with Crippen LogP contribution in [0.25, 0.3) is 0 Å². The minimum atomic E-state index is -0.620. The third-order valence-corrected chi connectivity index (χ3v) is 2.34. The number of rotatable bonds is 3. The van der Waals surface area contributed by atoms with Gasteiger partial charge in [-0.2, -0.15) is 0 Å². The largest absolute Gasteiger partial charge is 0.352 e. The Hall–Kier alpha value is -1.45. The summed E-state index contributed by atoms with van der Waals surface area (Å²) in [5.41, 5.74) is 0.446. The SMILES string of the molecule is O=C(NCc1cc(F)cc(F)c1)C1CC1. The quantitative estimate of drug-likeness (QED) is 0.813. The maximum absolute atomic E-state index is 12.8. The molecular weight excluding hydrogens is 200 g/mol. The predicted molar refractivity (Wildman–Crippen MR) is 50.9 cm³/mol. The molecule has 15 heavy (non-hydrogen) atoms. The second-order valence-corrected chi connectivity index (χ2v) is 3.77. The minimum Gasteiger partial charge on any atom is -0.352 e. The van der Waals surface area contributed by atoms with E-state index in [1.807, 2.05) is 0 Å². The third kappa shape index (κ3) is 2.75. The molecule has 1 aliphatic carbocycles. The van der Waals surface area contributed by atoms with Crippen molar-refractivity contribution in [2.75, 3.05) is 0 Å². The van der Waals surface area contributed by atoms with E-state index in [0.717, 1.165) is 18.9 Å². The van der Waals surface area contributed by atoms with E-state index in [1.54, 1.807) is 0 Å². The van der Waals surface area contributed by atoms with Crippen molar-refractivity contribution in [3.05, 3.63) is 35.4 Å². The summed E-state index contributed by atoms with van der Waals surface area (Å²) in [6.45, 7) is 0.185. The van der Waals surface area contributed by atoms with Gasteiger partial charge in [-0.25, -0.2) is 8.78 Å². The Morgan fingerprint density at radius 3 is 2.40 bits per heavy atom. The van der Waals surface area contributed by atoms with Crippen molar-refractivity contribution >= 4 is 5.91 Å². The number of amides is 1. The van der Waals surface area contributed by atoms with Crippen LogP contribution >= 0.6 is 0 Å². The van der Waals surface area contributed by atoms with E-state index in [2.05, 4.69) is 5.32 Å². The highest BCUT2D eigenvalue weighted by atomic mass is 19.1. The van der Waals surface area contributed by atoms with Crippen molar-refractivity contribution in [1.82, 2.24) is 5.32 Å². The van der Waals surface area contributed by atoms with E-state index in [1.165, 1.54) is 12.1 Å². The van der Waals surface area contributed by atoms with Crippen molar-refractivity contribution in [2.24, 2.45) is 5.92 Å². The number of carbonyl (C=O) groups excluding carboxylic acids is 1. The van der Waals surface area contributed by atoms with E-state index in [4.69, 9.17) is 0 Å². The van der Waals surface area contributed by atoms with Gasteiger partial charge in [-0.15, -0.1) is 0 Å². The number of benzene rings is 1. The van der Waals surface area contributed by atoms with Gasteiger partial charge in [-0.3, -0.25) is 4.79 Å². The fraction of sp³-hybridized carbons (Fsp3) is 0.364. The zero-order valence-electron chi connectivity index (χ0n) is 8.09. The van der Waals surface area contributed by atoms with E-state index in [-0.39, 0.29) is 18.4 Å². The number of hydrogen-bond acceptors (Lipinski definition) is 1. The van der Waals surface area contributed by atoms with Gasteiger partial charge in [0.1, 0.15) is 11.6 Å². The fourth-order valence-electron chi connectivity index (χ4n) is 1.39. The summed E-state index contributed by atoms with van der Waals surface area (Å²) in [7, 11) is 0. The smallest absolute Gasteiger partial charge is 0.223 e. The highest BCUT2D eigenvalue weighted by molar-refractivity contribution is 5.80. The molecule has 0 unspecified atom stereocenters. The minimum absolute atomic E-state index is 0.0281. The molecule has 1 aliphatic rings. The van der Waals surface area contributed by atoms with E-state index in [9.17, 15) is 13.6 Å². The van der Waals surface area contributed by atoms with Crippen molar-refractivity contribution in [1.29, 1.82) is 0 Å². The molecule has 0 radical (unpaired) electrons. The molecule has 0 heterocycles. The average Bonchev–Trinajstić information content (AvgIpc) is 2.95. The average molecular weight is 211 g/mol. The van der Waals surface area contributed by atoms with Crippen LogP contribution in [0, 0.1) is 17.6 Å². The van der Waals surface area contributed by atoms with Gasteiger partial charge in [-0.05, 0) is 30.5 Å². The van der Waals surface area contributed by atoms with E-state index in [0.29, 0.717) is 5.56 Å². The number of carbonyl (C=O) groups is 1. The molecule has 1 amide bonds. The van der Waals surface area contributed by atoms with E-state index >= 15 is 0 Å². The zero-order chi connectivity index (χ0) is 10.8. The van der Waals surface area contributed by atoms with Gasteiger partial charge in [0.15, 0.2) is 0 Å². The fourth-order valence-corrected chi connectivity index (χ4v) is 1.39. The molecule has 0 spiro atoms. The zero-order valence-corrected chi connectivity index (χ0v) is 8.09. The summed E-state index contributed by atoms with van der Waals surface area (Å²) in [5.74, 6) is -1.15. The lowest BCUT2D eigenvalue weighted by atomic mass is 10.2. The highest BCUT2D eigenvalue weighted by Gasteiger charge is 2.29. The Bertz CT molecular complexity index is 368. The topological polar surface area (TPSA) is 29.1 Å². The van der Waals surface area contributed by atoms with Gasteiger partial charge in [0.2, 0.25) is 5.91 Å². The van der Waals surface area contributed by atoms with Crippen LogP contribution in [0.4, 0.5) is 8.78 Å². The van der Waals surface area contributed by atoms with Crippen LogP contribution in [-0.4, -0.2) is 5.91 Å². The summed E-state index contributed by atoms with van der Waals surface area (Å²) >= 11 is 0. The second kappa shape index (κ2) is 3.96. The van der Waals surface area contributed by atoms with Crippen LogP contribution < -0.4 is 5.32 Å². The molecule has 0 atom stereocenters. The standard InChI is InChI=1S/C11H11F2NO/c12-9-3-7(4-10(13)5-9)6-14-11(15)8-1-2-8/h3-5,8H,1-2,6H2,(H,14,15). The molecular formula is C11H11F2NO. The first-order valence-electron chi connectivity index (χ1n) is 4.88. The molecule has 4 heteroatoms. The number of halogens is 2. The van der Waals surface area contributed by atoms with Gasteiger partial charge in [0, 0.05) is 18.5 Å². The third-order valence-electron chi connectivity index (χ3n) is 2.34. The summed E-state index contributed by atoms with van der Waals surface area (Å²) in [4.78, 5) is 11.2.